The largest absolute Gasteiger partial charge is 0.439 e. The van der Waals surface area contributed by atoms with E-state index in [0.29, 0.717) is 17.1 Å². The highest BCUT2D eigenvalue weighted by molar-refractivity contribution is 7.99. The molecule has 1 aromatic heterocycles. The maximum absolute atomic E-state index is 12.8. The lowest BCUT2D eigenvalue weighted by Gasteiger charge is -2.12. The van der Waals surface area contributed by atoms with E-state index < -0.39 is 0 Å². The van der Waals surface area contributed by atoms with Gasteiger partial charge in [-0.1, -0.05) is 29.8 Å². The monoisotopic (exact) mass is 420 g/mol. The first-order valence-electron chi connectivity index (χ1n) is 10.0. The van der Waals surface area contributed by atoms with Gasteiger partial charge in [0.05, 0.1) is 23.6 Å². The highest BCUT2D eigenvalue weighted by Crippen LogP contribution is 2.27. The van der Waals surface area contributed by atoms with E-state index >= 15 is 0 Å². The third-order valence-electron chi connectivity index (χ3n) is 4.82. The van der Waals surface area contributed by atoms with Crippen molar-refractivity contribution in [1.82, 2.24) is 4.98 Å². The van der Waals surface area contributed by atoms with Crippen molar-refractivity contribution in [2.45, 2.75) is 30.8 Å². The average molecular weight is 421 g/mol. The Morgan fingerprint density at radius 2 is 2.00 bits per heavy atom. The number of ether oxygens (including phenoxy) is 2. The smallest absolute Gasteiger partial charge is 0.256 e. The Balaban J connectivity index is 1.38. The van der Waals surface area contributed by atoms with Gasteiger partial charge in [0.1, 0.15) is 5.75 Å². The first-order valence-corrected chi connectivity index (χ1v) is 11.0. The number of pyridine rings is 1. The second kappa shape index (κ2) is 9.78. The summed E-state index contributed by atoms with van der Waals surface area (Å²) < 4.78 is 11.4. The molecule has 154 valence electrons. The van der Waals surface area contributed by atoms with E-state index in [1.54, 1.807) is 30.1 Å². The van der Waals surface area contributed by atoms with Gasteiger partial charge in [-0.3, -0.25) is 4.79 Å². The average Bonchev–Trinajstić information content (AvgIpc) is 3.29. The van der Waals surface area contributed by atoms with E-state index in [0.717, 1.165) is 35.8 Å². The van der Waals surface area contributed by atoms with Crippen molar-refractivity contribution in [3.05, 3.63) is 78.0 Å². The molecule has 2 aromatic carbocycles. The quantitative estimate of drug-likeness (QED) is 0.497. The minimum absolute atomic E-state index is 0.153. The molecule has 1 saturated heterocycles. The number of aryl methyl sites for hydroxylation is 1. The van der Waals surface area contributed by atoms with E-state index in [9.17, 15) is 4.79 Å². The Labute approximate surface area is 180 Å². The van der Waals surface area contributed by atoms with Crippen LogP contribution in [-0.4, -0.2) is 29.4 Å². The summed E-state index contributed by atoms with van der Waals surface area (Å²) in [6.45, 7) is 2.86. The predicted molar refractivity (Wildman–Crippen MR) is 120 cm³/mol. The summed E-state index contributed by atoms with van der Waals surface area (Å²) in [5.74, 6) is 1.91. The van der Waals surface area contributed by atoms with Crippen LogP contribution in [0.25, 0.3) is 0 Å². The Bertz CT molecular complexity index is 984. The Kier molecular flexibility index (Phi) is 6.67. The molecule has 30 heavy (non-hydrogen) atoms. The number of amides is 1. The van der Waals surface area contributed by atoms with Gasteiger partial charge in [0.15, 0.2) is 0 Å². The molecule has 1 atom stereocenters. The van der Waals surface area contributed by atoms with Crippen LogP contribution in [0.4, 0.5) is 5.69 Å². The van der Waals surface area contributed by atoms with Crippen LogP contribution in [0.2, 0.25) is 0 Å². The van der Waals surface area contributed by atoms with Crippen LogP contribution in [0.5, 0.6) is 11.6 Å². The molecule has 1 aliphatic heterocycles. The molecule has 1 aliphatic rings. The fraction of sp³-hybridized carbons (Fsp3) is 0.250. The zero-order chi connectivity index (χ0) is 20.8. The van der Waals surface area contributed by atoms with Crippen molar-refractivity contribution in [3.8, 4) is 11.6 Å². The van der Waals surface area contributed by atoms with Crippen molar-refractivity contribution in [3.63, 3.8) is 0 Å². The molecule has 0 aliphatic carbocycles. The summed E-state index contributed by atoms with van der Waals surface area (Å²) in [4.78, 5) is 18.1. The second-order valence-electron chi connectivity index (χ2n) is 7.20. The number of hydrogen-bond acceptors (Lipinski definition) is 5. The Hall–Kier alpha value is -2.83. The van der Waals surface area contributed by atoms with Gasteiger partial charge in [0.25, 0.3) is 5.91 Å². The summed E-state index contributed by atoms with van der Waals surface area (Å²) >= 11 is 1.67. The van der Waals surface area contributed by atoms with Gasteiger partial charge in [-0.05, 0) is 50.1 Å². The minimum atomic E-state index is -0.153. The SMILES string of the molecule is Cc1ccc(Oc2ccc(NC(=O)c3ccccc3SCC3CCCO3)cn2)cc1. The maximum atomic E-state index is 12.8. The van der Waals surface area contributed by atoms with Crippen LogP contribution >= 0.6 is 11.8 Å². The topological polar surface area (TPSA) is 60.5 Å². The van der Waals surface area contributed by atoms with E-state index in [2.05, 4.69) is 10.3 Å². The normalized spacial score (nSPS) is 15.7. The van der Waals surface area contributed by atoms with Gasteiger partial charge in [0, 0.05) is 23.3 Å². The summed E-state index contributed by atoms with van der Waals surface area (Å²) in [6, 6.07) is 19.0. The zero-order valence-corrected chi connectivity index (χ0v) is 17.7. The van der Waals surface area contributed by atoms with Gasteiger partial charge >= 0.3 is 0 Å². The van der Waals surface area contributed by atoms with Crippen LogP contribution in [0.1, 0.15) is 28.8 Å². The van der Waals surface area contributed by atoms with Crippen molar-refractivity contribution in [2.75, 3.05) is 17.7 Å². The predicted octanol–water partition coefficient (Wildman–Crippen LogP) is 5.71. The van der Waals surface area contributed by atoms with Crippen LogP contribution in [0, 0.1) is 6.92 Å². The molecule has 5 nitrogen and oxygen atoms in total. The van der Waals surface area contributed by atoms with Crippen molar-refractivity contribution in [2.24, 2.45) is 0 Å². The molecule has 0 spiro atoms. The highest BCUT2D eigenvalue weighted by Gasteiger charge is 2.18. The maximum Gasteiger partial charge on any atom is 0.256 e. The number of benzene rings is 2. The van der Waals surface area contributed by atoms with Crippen LogP contribution < -0.4 is 10.1 Å². The first-order chi connectivity index (χ1) is 14.7. The summed E-state index contributed by atoms with van der Waals surface area (Å²) in [6.07, 6.45) is 4.08. The van der Waals surface area contributed by atoms with E-state index in [1.807, 2.05) is 55.5 Å². The molecule has 0 radical (unpaired) electrons. The fourth-order valence-electron chi connectivity index (χ4n) is 3.18. The number of nitrogens with zero attached hydrogens (tertiary/aromatic N) is 1. The summed E-state index contributed by atoms with van der Waals surface area (Å²) in [7, 11) is 0. The van der Waals surface area contributed by atoms with Crippen molar-refractivity contribution < 1.29 is 14.3 Å². The summed E-state index contributed by atoms with van der Waals surface area (Å²) in [5.41, 5.74) is 2.44. The van der Waals surface area contributed by atoms with Crippen molar-refractivity contribution in [1.29, 1.82) is 0 Å². The number of carbonyl (C=O) groups is 1. The molecule has 6 heteroatoms. The van der Waals surface area contributed by atoms with Crippen LogP contribution in [-0.2, 0) is 4.74 Å². The third kappa shape index (κ3) is 5.40. The zero-order valence-electron chi connectivity index (χ0n) is 16.8. The molecular formula is C24H24N2O3S. The second-order valence-corrected chi connectivity index (χ2v) is 8.26. The number of anilines is 1. The molecular weight excluding hydrogens is 396 g/mol. The first kappa shape index (κ1) is 20.4. The highest BCUT2D eigenvalue weighted by atomic mass is 32.2. The van der Waals surface area contributed by atoms with Crippen LogP contribution in [0.15, 0.2) is 71.8 Å². The van der Waals surface area contributed by atoms with Gasteiger partial charge in [-0.2, -0.15) is 0 Å². The number of thioether (sulfide) groups is 1. The molecule has 4 rings (SSSR count). The molecule has 0 saturated carbocycles. The Morgan fingerprint density at radius 1 is 1.17 bits per heavy atom. The van der Waals surface area contributed by atoms with E-state index in [-0.39, 0.29) is 12.0 Å². The number of rotatable bonds is 7. The van der Waals surface area contributed by atoms with E-state index in [4.69, 9.17) is 9.47 Å². The molecule has 3 aromatic rings. The van der Waals surface area contributed by atoms with Crippen LogP contribution in [0.3, 0.4) is 0 Å². The molecule has 0 bridgehead atoms. The standard InChI is InChI=1S/C24H24N2O3S/c1-17-8-11-19(12-9-17)29-23-13-10-18(15-25-23)26-24(27)21-6-2-3-7-22(21)30-16-20-5-4-14-28-20/h2-3,6-13,15,20H,4-5,14,16H2,1H3,(H,26,27). The van der Waals surface area contributed by atoms with Gasteiger partial charge in [0.2, 0.25) is 5.88 Å². The molecule has 2 heterocycles. The molecule has 1 amide bonds. The van der Waals surface area contributed by atoms with Crippen molar-refractivity contribution >= 4 is 23.4 Å². The Morgan fingerprint density at radius 3 is 2.73 bits per heavy atom. The third-order valence-corrected chi connectivity index (χ3v) is 6.02. The number of carbonyl (C=O) groups excluding carboxylic acids is 1. The molecule has 1 N–H and O–H groups in total. The molecule has 1 unspecified atom stereocenters. The number of nitrogens with one attached hydrogen (secondary N) is 1. The van der Waals surface area contributed by atoms with Gasteiger partial charge in [-0.15, -0.1) is 11.8 Å². The number of aromatic nitrogens is 1. The van der Waals surface area contributed by atoms with E-state index in [1.165, 1.54) is 5.56 Å². The fourth-order valence-corrected chi connectivity index (χ4v) is 4.30. The molecule has 1 fully saturated rings. The van der Waals surface area contributed by atoms with Gasteiger partial charge < -0.3 is 14.8 Å². The lowest BCUT2D eigenvalue weighted by atomic mass is 10.2. The lowest BCUT2D eigenvalue weighted by Crippen LogP contribution is -2.14. The van der Waals surface area contributed by atoms with Gasteiger partial charge in [-0.25, -0.2) is 4.98 Å². The minimum Gasteiger partial charge on any atom is -0.439 e. The number of hydrogen-bond donors (Lipinski definition) is 1. The summed E-state index contributed by atoms with van der Waals surface area (Å²) in [5, 5.41) is 2.92. The lowest BCUT2D eigenvalue weighted by molar-refractivity contribution is 0.102.